The van der Waals surface area contributed by atoms with Crippen molar-refractivity contribution in [3.8, 4) is 11.4 Å². The molecular formula is C23H29N7O4S. The van der Waals surface area contributed by atoms with Gasteiger partial charge in [0.1, 0.15) is 16.4 Å². The molecule has 1 aromatic carbocycles. The zero-order chi connectivity index (χ0) is 25.2. The standard InChI is InChI=1S/C23H29N7O4S/c1-15-14-34-12-11-30(15)20-13-18(23(2,3)35(4,32)33)26-21(28-20)16-5-7-17(8-6-16)25-22(31)27-19-9-10-24-29-19/h5-10,13,15H,11-12,14H2,1-4H3,(H3,24,25,27,29,31)/t15-/m0/s1. The minimum Gasteiger partial charge on any atom is -0.377 e. The Morgan fingerprint density at radius 1 is 1.17 bits per heavy atom. The smallest absolute Gasteiger partial charge is 0.324 e. The number of sulfone groups is 1. The van der Waals surface area contributed by atoms with Gasteiger partial charge in [0.15, 0.2) is 15.7 Å². The van der Waals surface area contributed by atoms with Gasteiger partial charge >= 0.3 is 6.03 Å². The third kappa shape index (κ3) is 5.43. The minimum atomic E-state index is -3.45. The SMILES string of the molecule is C[C@H]1COCCN1c1cc(C(C)(C)S(C)(=O)=O)nc(-c2ccc(NC(=O)Nc3ccn[nH]3)cc2)n1. The van der Waals surface area contributed by atoms with Crippen LogP contribution in [0.25, 0.3) is 11.4 Å². The van der Waals surface area contributed by atoms with Crippen LogP contribution in [0, 0.1) is 0 Å². The molecule has 3 N–H and O–H groups in total. The number of H-pyrrole nitrogens is 1. The molecule has 35 heavy (non-hydrogen) atoms. The molecule has 1 fully saturated rings. The summed E-state index contributed by atoms with van der Waals surface area (Å²) < 4.78 is 29.5. The topological polar surface area (TPSA) is 142 Å². The third-order valence-corrected chi connectivity index (χ3v) is 8.13. The molecule has 1 aliphatic heterocycles. The molecule has 1 aliphatic rings. The molecule has 0 unspecified atom stereocenters. The van der Waals surface area contributed by atoms with Crippen molar-refractivity contribution in [3.05, 3.63) is 48.3 Å². The molecule has 1 atom stereocenters. The van der Waals surface area contributed by atoms with E-state index in [9.17, 15) is 13.2 Å². The molecular weight excluding hydrogens is 470 g/mol. The summed E-state index contributed by atoms with van der Waals surface area (Å²) >= 11 is 0. The number of rotatable bonds is 6. The van der Waals surface area contributed by atoms with Gasteiger partial charge in [-0.3, -0.25) is 10.4 Å². The maximum atomic E-state index is 12.6. The second kappa shape index (κ2) is 9.62. The fourth-order valence-corrected chi connectivity index (χ4v) is 4.07. The lowest BCUT2D eigenvalue weighted by atomic mass is 10.1. The molecule has 3 aromatic rings. The van der Waals surface area contributed by atoms with Crippen LogP contribution in [0.5, 0.6) is 0 Å². The lowest BCUT2D eigenvalue weighted by Crippen LogP contribution is -2.44. The molecule has 1 saturated heterocycles. The molecule has 186 valence electrons. The normalized spacial score (nSPS) is 16.7. The molecule has 0 radical (unpaired) electrons. The number of hydrogen-bond donors (Lipinski definition) is 3. The average Bonchev–Trinajstić information content (AvgIpc) is 3.31. The zero-order valence-corrected chi connectivity index (χ0v) is 20.9. The first-order valence-corrected chi connectivity index (χ1v) is 13.0. The first kappa shape index (κ1) is 24.6. The Morgan fingerprint density at radius 3 is 2.54 bits per heavy atom. The van der Waals surface area contributed by atoms with Gasteiger partial charge in [0.05, 0.1) is 31.1 Å². The van der Waals surface area contributed by atoms with Crippen molar-refractivity contribution >= 4 is 33.2 Å². The van der Waals surface area contributed by atoms with E-state index in [0.717, 1.165) is 0 Å². The summed E-state index contributed by atoms with van der Waals surface area (Å²) in [6.45, 7) is 7.10. The van der Waals surface area contributed by atoms with E-state index in [-0.39, 0.29) is 6.04 Å². The zero-order valence-electron chi connectivity index (χ0n) is 20.1. The van der Waals surface area contributed by atoms with Gasteiger partial charge in [0.2, 0.25) is 0 Å². The van der Waals surface area contributed by atoms with Crippen molar-refractivity contribution in [3.63, 3.8) is 0 Å². The number of anilines is 3. The number of aromatic nitrogens is 4. The molecule has 2 aromatic heterocycles. The number of nitrogens with one attached hydrogen (secondary N) is 3. The Bertz CT molecular complexity index is 1290. The number of ether oxygens (including phenoxy) is 1. The summed E-state index contributed by atoms with van der Waals surface area (Å²) in [5, 5.41) is 11.8. The van der Waals surface area contributed by atoms with E-state index in [0.29, 0.717) is 54.2 Å². The van der Waals surface area contributed by atoms with Crippen LogP contribution >= 0.6 is 0 Å². The quantitative estimate of drug-likeness (QED) is 0.470. The maximum Gasteiger partial charge on any atom is 0.324 e. The van der Waals surface area contributed by atoms with Crippen molar-refractivity contribution in [2.75, 3.05) is 41.5 Å². The van der Waals surface area contributed by atoms with Crippen LogP contribution in [0.15, 0.2) is 42.6 Å². The highest BCUT2D eigenvalue weighted by Crippen LogP contribution is 2.32. The fourth-order valence-electron chi connectivity index (χ4n) is 3.59. The van der Waals surface area contributed by atoms with Crippen molar-refractivity contribution in [1.29, 1.82) is 0 Å². The Morgan fingerprint density at radius 2 is 1.91 bits per heavy atom. The van der Waals surface area contributed by atoms with Gasteiger partial charge in [-0.15, -0.1) is 0 Å². The summed E-state index contributed by atoms with van der Waals surface area (Å²) in [6, 6.07) is 10.1. The van der Waals surface area contributed by atoms with Gasteiger partial charge in [-0.05, 0) is 45.0 Å². The number of nitrogens with zero attached hydrogens (tertiary/aromatic N) is 4. The van der Waals surface area contributed by atoms with E-state index >= 15 is 0 Å². The summed E-state index contributed by atoms with van der Waals surface area (Å²) in [4.78, 5) is 23.7. The number of hydrogen-bond acceptors (Lipinski definition) is 8. The van der Waals surface area contributed by atoms with Crippen LogP contribution in [-0.2, 0) is 19.3 Å². The molecule has 12 heteroatoms. The number of aromatic amines is 1. The maximum absolute atomic E-state index is 12.6. The second-order valence-corrected chi connectivity index (χ2v) is 11.5. The third-order valence-electron chi connectivity index (χ3n) is 6.07. The van der Waals surface area contributed by atoms with Crippen LogP contribution in [0.3, 0.4) is 0 Å². The lowest BCUT2D eigenvalue weighted by molar-refractivity contribution is 0.0985. The molecule has 4 rings (SSSR count). The van der Waals surface area contributed by atoms with Crippen molar-refractivity contribution in [2.24, 2.45) is 0 Å². The molecule has 0 bridgehead atoms. The Labute approximate surface area is 204 Å². The van der Waals surface area contributed by atoms with Crippen molar-refractivity contribution < 1.29 is 17.9 Å². The van der Waals surface area contributed by atoms with Gasteiger partial charge in [-0.1, -0.05) is 0 Å². The summed E-state index contributed by atoms with van der Waals surface area (Å²) in [5.74, 6) is 1.53. The van der Waals surface area contributed by atoms with Gasteiger partial charge in [-0.2, -0.15) is 5.10 Å². The van der Waals surface area contributed by atoms with E-state index in [4.69, 9.17) is 9.72 Å². The van der Waals surface area contributed by atoms with Gasteiger partial charge in [0.25, 0.3) is 0 Å². The highest BCUT2D eigenvalue weighted by atomic mass is 32.2. The first-order chi connectivity index (χ1) is 16.5. The van der Waals surface area contributed by atoms with E-state index in [2.05, 4.69) is 30.7 Å². The van der Waals surface area contributed by atoms with E-state index in [1.807, 2.05) is 6.92 Å². The number of morpholine rings is 1. The molecule has 11 nitrogen and oxygen atoms in total. The highest BCUT2D eigenvalue weighted by Gasteiger charge is 2.35. The molecule has 0 aliphatic carbocycles. The van der Waals surface area contributed by atoms with Crippen LogP contribution in [0.2, 0.25) is 0 Å². The van der Waals surface area contributed by atoms with Gasteiger partial charge < -0.3 is 15.0 Å². The summed E-state index contributed by atoms with van der Waals surface area (Å²) in [7, 11) is -3.45. The van der Waals surface area contributed by atoms with Crippen LogP contribution in [0.4, 0.5) is 22.1 Å². The van der Waals surface area contributed by atoms with Gasteiger partial charge in [-0.25, -0.2) is 23.2 Å². The Hall–Kier alpha value is -3.51. The van der Waals surface area contributed by atoms with Crippen LogP contribution in [-0.4, -0.2) is 66.7 Å². The fraction of sp³-hybridized carbons (Fsp3) is 0.391. The monoisotopic (exact) mass is 499 g/mol. The lowest BCUT2D eigenvalue weighted by Gasteiger charge is -2.35. The van der Waals surface area contributed by atoms with E-state index in [1.54, 1.807) is 50.2 Å². The highest BCUT2D eigenvalue weighted by molar-refractivity contribution is 7.91. The number of carbonyl (C=O) groups is 1. The molecule has 2 amide bonds. The van der Waals surface area contributed by atoms with Crippen molar-refractivity contribution in [1.82, 2.24) is 20.2 Å². The number of carbonyl (C=O) groups excluding carboxylic acids is 1. The van der Waals surface area contributed by atoms with Crippen molar-refractivity contribution in [2.45, 2.75) is 31.6 Å². The largest absolute Gasteiger partial charge is 0.377 e. The Balaban J connectivity index is 1.65. The predicted molar refractivity (Wildman–Crippen MR) is 134 cm³/mol. The number of benzene rings is 1. The summed E-state index contributed by atoms with van der Waals surface area (Å²) in [5.41, 5.74) is 1.68. The Kier molecular flexibility index (Phi) is 6.77. The average molecular weight is 500 g/mol. The number of urea groups is 1. The summed E-state index contributed by atoms with van der Waals surface area (Å²) in [6.07, 6.45) is 2.75. The van der Waals surface area contributed by atoms with Crippen LogP contribution < -0.4 is 15.5 Å². The molecule has 3 heterocycles. The van der Waals surface area contributed by atoms with Gasteiger partial charge in [0, 0.05) is 36.2 Å². The molecule has 0 saturated carbocycles. The predicted octanol–water partition coefficient (Wildman–Crippen LogP) is 3.02. The van der Waals surface area contributed by atoms with Crippen LogP contribution in [0.1, 0.15) is 26.5 Å². The number of amides is 2. The van der Waals surface area contributed by atoms with E-state index < -0.39 is 20.6 Å². The molecule has 0 spiro atoms. The minimum absolute atomic E-state index is 0.0839. The first-order valence-electron chi connectivity index (χ1n) is 11.2. The second-order valence-electron chi connectivity index (χ2n) is 8.96. The van der Waals surface area contributed by atoms with E-state index in [1.165, 1.54) is 12.5 Å².